The van der Waals surface area contributed by atoms with E-state index in [1.54, 1.807) is 0 Å². The van der Waals surface area contributed by atoms with Crippen LogP contribution in [0.3, 0.4) is 0 Å². The van der Waals surface area contributed by atoms with Gasteiger partial charge in [0, 0.05) is 24.4 Å². The number of nitrogens with two attached hydrogens (primary N) is 1. The molecule has 0 aromatic heterocycles. The fraction of sp³-hybridized carbons (Fsp3) is 1.00. The lowest BCUT2D eigenvalue weighted by Crippen LogP contribution is -2.25. The topological polar surface area (TPSA) is 38.0 Å². The smallest absolute Gasteiger partial charge is 0.00582 e. The summed E-state index contributed by atoms with van der Waals surface area (Å²) in [5, 5.41) is 3.38. The van der Waals surface area contributed by atoms with Gasteiger partial charge in [0.1, 0.15) is 0 Å². The van der Waals surface area contributed by atoms with E-state index in [4.69, 9.17) is 5.73 Å². The molecule has 0 aliphatic carbocycles. The van der Waals surface area contributed by atoms with Crippen molar-refractivity contribution in [1.82, 2.24) is 5.32 Å². The molecule has 0 bridgehead atoms. The van der Waals surface area contributed by atoms with Crippen LogP contribution in [0.4, 0.5) is 0 Å². The van der Waals surface area contributed by atoms with Crippen LogP contribution in [0, 0.1) is 0 Å². The largest absolute Gasteiger partial charge is 0.328 e. The predicted molar refractivity (Wildman–Crippen MR) is 58.7 cm³/mol. The summed E-state index contributed by atoms with van der Waals surface area (Å²) in [5.74, 6) is 2.39. The van der Waals surface area contributed by atoms with Crippen LogP contribution in [0.2, 0.25) is 0 Å². The predicted octanol–water partition coefficient (Wildman–Crippen LogP) is 1.45. The summed E-state index contributed by atoms with van der Waals surface area (Å²) in [6, 6.07) is 0.967. The first-order chi connectivity index (χ1) is 5.63. The Bertz CT molecular complexity index is 82.5. The summed E-state index contributed by atoms with van der Waals surface area (Å²) in [6.07, 6.45) is 1.13. The molecule has 74 valence electrons. The monoisotopic (exact) mass is 190 g/mol. The first-order valence-electron chi connectivity index (χ1n) is 4.69. The summed E-state index contributed by atoms with van der Waals surface area (Å²) in [4.78, 5) is 0. The van der Waals surface area contributed by atoms with Crippen molar-refractivity contribution in [3.63, 3.8) is 0 Å². The van der Waals surface area contributed by atoms with Crippen molar-refractivity contribution in [1.29, 1.82) is 0 Å². The van der Waals surface area contributed by atoms with Gasteiger partial charge < -0.3 is 11.1 Å². The van der Waals surface area contributed by atoms with Crippen molar-refractivity contribution >= 4 is 11.8 Å². The van der Waals surface area contributed by atoms with E-state index in [1.165, 1.54) is 11.5 Å². The Hall–Kier alpha value is 0.270. The molecule has 0 rings (SSSR count). The highest BCUT2D eigenvalue weighted by Crippen LogP contribution is 2.02. The molecule has 0 fully saturated rings. The van der Waals surface area contributed by atoms with E-state index in [0.717, 1.165) is 13.0 Å². The summed E-state index contributed by atoms with van der Waals surface area (Å²) >= 11 is 1.98. The van der Waals surface area contributed by atoms with Gasteiger partial charge in [-0.25, -0.2) is 0 Å². The average molecular weight is 190 g/mol. The lowest BCUT2D eigenvalue weighted by molar-refractivity contribution is 0.615. The zero-order valence-corrected chi connectivity index (χ0v) is 9.29. The van der Waals surface area contributed by atoms with Crippen LogP contribution in [0.15, 0.2) is 0 Å². The first kappa shape index (κ1) is 12.3. The highest BCUT2D eigenvalue weighted by molar-refractivity contribution is 7.99. The molecule has 1 unspecified atom stereocenters. The van der Waals surface area contributed by atoms with Crippen LogP contribution in [0.5, 0.6) is 0 Å². The van der Waals surface area contributed by atoms with Crippen LogP contribution >= 0.6 is 11.8 Å². The molecule has 0 aliphatic heterocycles. The number of thioether (sulfide) groups is 1. The zero-order chi connectivity index (χ0) is 9.40. The van der Waals surface area contributed by atoms with Crippen LogP contribution in [-0.2, 0) is 0 Å². The van der Waals surface area contributed by atoms with E-state index in [0.29, 0.717) is 12.1 Å². The SMILES string of the molecule is CC(N)CCSCCNC(C)C. The van der Waals surface area contributed by atoms with Crippen LogP contribution in [0.1, 0.15) is 27.2 Å². The van der Waals surface area contributed by atoms with Crippen molar-refractivity contribution in [3.05, 3.63) is 0 Å². The minimum Gasteiger partial charge on any atom is -0.328 e. The summed E-state index contributed by atoms with van der Waals surface area (Å²) in [6.45, 7) is 7.52. The van der Waals surface area contributed by atoms with E-state index >= 15 is 0 Å². The molecule has 0 aromatic carbocycles. The highest BCUT2D eigenvalue weighted by atomic mass is 32.2. The van der Waals surface area contributed by atoms with Gasteiger partial charge in [-0.3, -0.25) is 0 Å². The van der Waals surface area contributed by atoms with Crippen LogP contribution in [0.25, 0.3) is 0 Å². The van der Waals surface area contributed by atoms with Crippen molar-refractivity contribution in [2.75, 3.05) is 18.1 Å². The Morgan fingerprint density at radius 1 is 1.25 bits per heavy atom. The third-order valence-corrected chi connectivity index (χ3v) is 2.53. The maximum absolute atomic E-state index is 5.63. The number of hydrogen-bond donors (Lipinski definition) is 2. The fourth-order valence-electron chi connectivity index (χ4n) is 0.791. The Morgan fingerprint density at radius 3 is 2.42 bits per heavy atom. The van der Waals surface area contributed by atoms with Crippen LogP contribution < -0.4 is 11.1 Å². The first-order valence-corrected chi connectivity index (χ1v) is 5.85. The number of rotatable bonds is 7. The molecule has 0 amide bonds. The second-order valence-electron chi connectivity index (χ2n) is 3.49. The van der Waals surface area contributed by atoms with Gasteiger partial charge in [0.25, 0.3) is 0 Å². The standard InChI is InChI=1S/C9H22N2S/c1-8(2)11-5-7-12-6-4-9(3)10/h8-9,11H,4-7,10H2,1-3H3. The molecule has 2 nitrogen and oxygen atoms in total. The lowest BCUT2D eigenvalue weighted by Gasteiger charge is -2.08. The van der Waals surface area contributed by atoms with E-state index in [2.05, 4.69) is 26.1 Å². The minimum atomic E-state index is 0.357. The molecule has 0 heterocycles. The molecule has 0 spiro atoms. The maximum atomic E-state index is 5.63. The van der Waals surface area contributed by atoms with E-state index in [-0.39, 0.29) is 0 Å². The van der Waals surface area contributed by atoms with Gasteiger partial charge in [-0.15, -0.1) is 0 Å². The zero-order valence-electron chi connectivity index (χ0n) is 8.47. The second-order valence-corrected chi connectivity index (χ2v) is 4.71. The average Bonchev–Trinajstić information content (AvgIpc) is 1.95. The van der Waals surface area contributed by atoms with E-state index in [1.807, 2.05) is 11.8 Å². The molecular formula is C9H22N2S. The molecular weight excluding hydrogens is 168 g/mol. The Kier molecular flexibility index (Phi) is 8.07. The molecule has 1 atom stereocenters. The minimum absolute atomic E-state index is 0.357. The van der Waals surface area contributed by atoms with Crippen molar-refractivity contribution in [2.24, 2.45) is 5.73 Å². The number of nitrogens with one attached hydrogen (secondary N) is 1. The fourth-order valence-corrected chi connectivity index (χ4v) is 1.80. The third-order valence-electron chi connectivity index (χ3n) is 1.52. The number of hydrogen-bond acceptors (Lipinski definition) is 3. The molecule has 12 heavy (non-hydrogen) atoms. The molecule has 3 N–H and O–H groups in total. The summed E-state index contributed by atoms with van der Waals surface area (Å²) < 4.78 is 0. The normalized spacial score (nSPS) is 13.8. The van der Waals surface area contributed by atoms with E-state index < -0.39 is 0 Å². The Balaban J connectivity index is 2.91. The van der Waals surface area contributed by atoms with Crippen LogP contribution in [-0.4, -0.2) is 30.1 Å². The highest BCUT2D eigenvalue weighted by Gasteiger charge is 1.95. The molecule has 0 aromatic rings. The van der Waals surface area contributed by atoms with Crippen molar-refractivity contribution < 1.29 is 0 Å². The molecule has 0 radical (unpaired) electrons. The third kappa shape index (κ3) is 10.3. The molecule has 0 aliphatic rings. The van der Waals surface area contributed by atoms with Gasteiger partial charge in [0.05, 0.1) is 0 Å². The summed E-state index contributed by atoms with van der Waals surface area (Å²) in [7, 11) is 0. The molecule has 3 heteroatoms. The van der Waals surface area contributed by atoms with Gasteiger partial charge in [-0.2, -0.15) is 11.8 Å². The quantitative estimate of drug-likeness (QED) is 0.597. The van der Waals surface area contributed by atoms with Crippen molar-refractivity contribution in [3.8, 4) is 0 Å². The molecule has 0 saturated carbocycles. The van der Waals surface area contributed by atoms with Gasteiger partial charge in [-0.1, -0.05) is 13.8 Å². The van der Waals surface area contributed by atoms with E-state index in [9.17, 15) is 0 Å². The van der Waals surface area contributed by atoms with Crippen molar-refractivity contribution in [2.45, 2.75) is 39.3 Å². The van der Waals surface area contributed by atoms with Gasteiger partial charge in [0.15, 0.2) is 0 Å². The lowest BCUT2D eigenvalue weighted by atomic mass is 10.3. The van der Waals surface area contributed by atoms with Gasteiger partial charge >= 0.3 is 0 Å². The Morgan fingerprint density at radius 2 is 1.92 bits per heavy atom. The summed E-state index contributed by atoms with van der Waals surface area (Å²) in [5.41, 5.74) is 5.63. The molecule has 0 saturated heterocycles. The maximum Gasteiger partial charge on any atom is 0.00582 e. The van der Waals surface area contributed by atoms with Gasteiger partial charge in [-0.05, 0) is 19.1 Å². The Labute approximate surface area is 80.7 Å². The second kappa shape index (κ2) is 7.90. The van der Waals surface area contributed by atoms with Gasteiger partial charge in [0.2, 0.25) is 0 Å².